The fourth-order valence-corrected chi connectivity index (χ4v) is 4.07. The number of hydrogen-bond donors (Lipinski definition) is 0. The van der Waals surface area contributed by atoms with Crippen molar-refractivity contribution in [3.8, 4) is 0 Å². The van der Waals surface area contributed by atoms with Crippen LogP contribution in [0.3, 0.4) is 0 Å². The van der Waals surface area contributed by atoms with Gasteiger partial charge in [-0.3, -0.25) is 4.79 Å². The van der Waals surface area contributed by atoms with Gasteiger partial charge in [0.2, 0.25) is 0 Å². The molecule has 0 N–H and O–H groups in total. The molecule has 0 amide bonds. The van der Waals surface area contributed by atoms with Gasteiger partial charge < -0.3 is 0 Å². The molecule has 2 aliphatic rings. The molecule has 0 aromatic carbocycles. The summed E-state index contributed by atoms with van der Waals surface area (Å²) in [4.78, 5) is 20.9. The molecule has 114 valence electrons. The Hall–Kier alpha value is -1.25. The van der Waals surface area contributed by atoms with E-state index < -0.39 is 0 Å². The Labute approximate surface area is 127 Å². The zero-order chi connectivity index (χ0) is 15.2. The van der Waals surface area contributed by atoms with Crippen LogP contribution in [0.5, 0.6) is 0 Å². The molecule has 1 aromatic rings. The molecule has 3 nitrogen and oxygen atoms in total. The average molecular weight is 286 g/mol. The molecule has 0 aliphatic heterocycles. The van der Waals surface area contributed by atoms with Crippen molar-refractivity contribution >= 4 is 5.78 Å². The van der Waals surface area contributed by atoms with Gasteiger partial charge in [-0.05, 0) is 42.6 Å². The first-order valence-electron chi connectivity index (χ1n) is 8.26. The van der Waals surface area contributed by atoms with E-state index in [1.54, 1.807) is 0 Å². The Morgan fingerprint density at radius 1 is 1.10 bits per heavy atom. The summed E-state index contributed by atoms with van der Waals surface area (Å²) < 4.78 is 0. The quantitative estimate of drug-likeness (QED) is 0.837. The lowest BCUT2D eigenvalue weighted by Crippen LogP contribution is -2.49. The van der Waals surface area contributed by atoms with Crippen LogP contribution in [0.1, 0.15) is 76.6 Å². The van der Waals surface area contributed by atoms with Crippen molar-refractivity contribution in [2.24, 2.45) is 17.3 Å². The van der Waals surface area contributed by atoms with E-state index in [2.05, 4.69) is 23.8 Å². The Kier molecular flexibility index (Phi) is 3.62. The van der Waals surface area contributed by atoms with Gasteiger partial charge in [-0.25, -0.2) is 9.97 Å². The lowest BCUT2D eigenvalue weighted by atomic mass is 9.46. The van der Waals surface area contributed by atoms with Crippen LogP contribution >= 0.6 is 0 Å². The highest BCUT2D eigenvalue weighted by atomic mass is 16.1. The minimum Gasteiger partial charge on any atom is -0.299 e. The van der Waals surface area contributed by atoms with E-state index in [0.717, 1.165) is 18.7 Å². The van der Waals surface area contributed by atoms with Crippen molar-refractivity contribution in [1.82, 2.24) is 9.97 Å². The Bertz CT molecular complexity index is 519. The van der Waals surface area contributed by atoms with Gasteiger partial charge in [0, 0.05) is 30.1 Å². The van der Waals surface area contributed by atoms with Crippen LogP contribution < -0.4 is 0 Å². The van der Waals surface area contributed by atoms with Crippen molar-refractivity contribution in [1.29, 1.82) is 0 Å². The number of ketones is 1. The van der Waals surface area contributed by atoms with E-state index in [4.69, 9.17) is 0 Å². The zero-order valence-corrected chi connectivity index (χ0v) is 13.6. The third kappa shape index (κ3) is 2.63. The molecular weight excluding hydrogens is 260 g/mol. The van der Waals surface area contributed by atoms with Crippen molar-refractivity contribution in [3.63, 3.8) is 0 Å². The smallest absolute Gasteiger partial charge is 0.138 e. The Morgan fingerprint density at radius 2 is 1.67 bits per heavy atom. The van der Waals surface area contributed by atoms with Gasteiger partial charge in [0.1, 0.15) is 11.6 Å². The number of carbonyl (C=O) groups is 1. The molecule has 2 saturated carbocycles. The normalized spacial score (nSPS) is 31.3. The van der Waals surface area contributed by atoms with Crippen molar-refractivity contribution in [2.45, 2.75) is 65.2 Å². The SMILES string of the molecule is CC(C)c1ncc([C@H]2CC3(C[C@H](C(=O)C(C)C)C3)C2)cn1. The van der Waals surface area contributed by atoms with Gasteiger partial charge in [0.25, 0.3) is 0 Å². The van der Waals surface area contributed by atoms with Gasteiger partial charge in [-0.15, -0.1) is 0 Å². The van der Waals surface area contributed by atoms with Gasteiger partial charge in [0.15, 0.2) is 0 Å². The number of Topliss-reactive ketones (excluding diaryl/α,β-unsaturated/α-hetero) is 1. The Morgan fingerprint density at radius 3 is 2.14 bits per heavy atom. The second-order valence-corrected chi connectivity index (χ2v) is 7.80. The van der Waals surface area contributed by atoms with Crippen molar-refractivity contribution < 1.29 is 4.79 Å². The molecule has 0 unspecified atom stereocenters. The predicted octanol–water partition coefficient (Wildman–Crippen LogP) is 4.10. The van der Waals surface area contributed by atoms with E-state index in [1.807, 2.05) is 26.2 Å². The number of nitrogens with zero attached hydrogens (tertiary/aromatic N) is 2. The van der Waals surface area contributed by atoms with Crippen LogP contribution in [0.2, 0.25) is 0 Å². The highest BCUT2D eigenvalue weighted by molar-refractivity contribution is 5.83. The van der Waals surface area contributed by atoms with Gasteiger partial charge in [0.05, 0.1) is 0 Å². The third-order valence-electron chi connectivity index (χ3n) is 5.37. The summed E-state index contributed by atoms with van der Waals surface area (Å²) in [7, 11) is 0. The molecule has 0 bridgehead atoms. The van der Waals surface area contributed by atoms with Gasteiger partial charge in [-0.1, -0.05) is 27.7 Å². The van der Waals surface area contributed by atoms with E-state index in [1.165, 1.54) is 18.4 Å². The van der Waals surface area contributed by atoms with Crippen LogP contribution in [-0.4, -0.2) is 15.8 Å². The van der Waals surface area contributed by atoms with E-state index >= 15 is 0 Å². The topological polar surface area (TPSA) is 42.9 Å². The molecule has 2 fully saturated rings. The molecule has 1 aromatic heterocycles. The van der Waals surface area contributed by atoms with Gasteiger partial charge in [-0.2, -0.15) is 0 Å². The molecule has 21 heavy (non-hydrogen) atoms. The molecule has 0 atom stereocenters. The third-order valence-corrected chi connectivity index (χ3v) is 5.37. The number of hydrogen-bond acceptors (Lipinski definition) is 3. The first-order chi connectivity index (χ1) is 9.90. The zero-order valence-electron chi connectivity index (χ0n) is 13.6. The fourth-order valence-electron chi connectivity index (χ4n) is 4.07. The molecule has 1 heterocycles. The number of rotatable bonds is 4. The van der Waals surface area contributed by atoms with Crippen LogP contribution in [0, 0.1) is 17.3 Å². The first-order valence-corrected chi connectivity index (χ1v) is 8.26. The average Bonchev–Trinajstić information content (AvgIpc) is 2.35. The molecule has 0 saturated heterocycles. The second kappa shape index (κ2) is 5.19. The molecule has 2 aliphatic carbocycles. The molecule has 1 spiro atoms. The summed E-state index contributed by atoms with van der Waals surface area (Å²) in [6, 6.07) is 0. The minimum atomic E-state index is 0.195. The van der Waals surface area contributed by atoms with Crippen LogP contribution in [-0.2, 0) is 4.79 Å². The summed E-state index contributed by atoms with van der Waals surface area (Å²) in [5.41, 5.74) is 1.75. The maximum Gasteiger partial charge on any atom is 0.138 e. The maximum atomic E-state index is 12.0. The summed E-state index contributed by atoms with van der Waals surface area (Å²) in [5.74, 6) is 2.93. The highest BCUT2D eigenvalue weighted by Gasteiger charge is 2.54. The maximum absolute atomic E-state index is 12.0. The van der Waals surface area contributed by atoms with Crippen molar-refractivity contribution in [2.75, 3.05) is 0 Å². The predicted molar refractivity (Wildman–Crippen MR) is 83.1 cm³/mol. The molecule has 0 radical (unpaired) electrons. The first kappa shape index (κ1) is 14.7. The largest absolute Gasteiger partial charge is 0.299 e. The molecule has 3 rings (SSSR count). The number of aromatic nitrogens is 2. The number of carbonyl (C=O) groups excluding carboxylic acids is 1. The Balaban J connectivity index is 1.54. The van der Waals surface area contributed by atoms with Gasteiger partial charge >= 0.3 is 0 Å². The summed E-state index contributed by atoms with van der Waals surface area (Å²) in [6.45, 7) is 8.27. The fraction of sp³-hybridized carbons (Fsp3) is 0.722. The van der Waals surface area contributed by atoms with Crippen LogP contribution in [0.25, 0.3) is 0 Å². The van der Waals surface area contributed by atoms with Crippen molar-refractivity contribution in [3.05, 3.63) is 23.8 Å². The minimum absolute atomic E-state index is 0.195. The highest BCUT2D eigenvalue weighted by Crippen LogP contribution is 2.64. The summed E-state index contributed by atoms with van der Waals surface area (Å²) >= 11 is 0. The lowest BCUT2D eigenvalue weighted by molar-refractivity contribution is -0.139. The van der Waals surface area contributed by atoms with Crippen LogP contribution in [0.15, 0.2) is 12.4 Å². The van der Waals surface area contributed by atoms with E-state index in [0.29, 0.717) is 29.0 Å². The summed E-state index contributed by atoms with van der Waals surface area (Å²) in [6.07, 6.45) is 8.69. The van der Waals surface area contributed by atoms with E-state index in [-0.39, 0.29) is 5.92 Å². The second-order valence-electron chi connectivity index (χ2n) is 7.80. The lowest BCUT2D eigenvalue weighted by Gasteiger charge is -2.57. The monoisotopic (exact) mass is 286 g/mol. The molecular formula is C18H26N2O. The van der Waals surface area contributed by atoms with Crippen LogP contribution in [0.4, 0.5) is 0 Å². The van der Waals surface area contributed by atoms with E-state index in [9.17, 15) is 4.79 Å². The summed E-state index contributed by atoms with van der Waals surface area (Å²) in [5, 5.41) is 0. The molecule has 3 heteroatoms. The standard InChI is InChI=1S/C18H26N2O/c1-11(2)16(21)14-7-18(8-14)5-13(6-18)15-9-19-17(12(3)4)20-10-15/h9-14H,5-8H2,1-4H3/t13-,14-,18?.